The van der Waals surface area contributed by atoms with E-state index in [4.69, 9.17) is 19.3 Å². The fourth-order valence-electron chi connectivity index (χ4n) is 0.358. The van der Waals surface area contributed by atoms with Crippen LogP contribution in [0, 0.1) is 0 Å². The second kappa shape index (κ2) is 5.35. The Labute approximate surface area is 58.3 Å². The van der Waals surface area contributed by atoms with Crippen LogP contribution in [0.1, 0.15) is 19.8 Å². The van der Waals surface area contributed by atoms with Crippen molar-refractivity contribution < 1.29 is 0 Å². The average molecular weight is 198 g/mol. The van der Waals surface area contributed by atoms with Crippen molar-refractivity contribution in [2.24, 2.45) is 0 Å². The molecule has 0 spiro atoms. The van der Waals surface area contributed by atoms with Crippen molar-refractivity contribution in [3.05, 3.63) is 0 Å². The summed E-state index contributed by atoms with van der Waals surface area (Å²) in [6.07, 6.45) is 2.44. The van der Waals surface area contributed by atoms with Crippen molar-refractivity contribution in [1.29, 1.82) is 0 Å². The van der Waals surface area contributed by atoms with Gasteiger partial charge in [-0.3, -0.25) is 0 Å². The van der Waals surface area contributed by atoms with Gasteiger partial charge in [-0.1, -0.05) is 0 Å². The van der Waals surface area contributed by atoms with Gasteiger partial charge in [0.25, 0.3) is 0 Å². The van der Waals surface area contributed by atoms with Crippen molar-refractivity contribution >= 4 is 33.5 Å². The Morgan fingerprint density at radius 3 is 2.14 bits per heavy atom. The zero-order valence-corrected chi connectivity index (χ0v) is 8.39. The monoisotopic (exact) mass is 196 g/mol. The average Bonchev–Trinajstić information content (AvgIpc) is 1.61. The summed E-state index contributed by atoms with van der Waals surface area (Å²) in [6.45, 7) is 2.15. The minimum atomic E-state index is -1.63. The Hall–Kier alpha value is 1.22. The quantitative estimate of drug-likeness (QED) is 0.611. The molecular weight excluding hydrogens is 189 g/mol. The van der Waals surface area contributed by atoms with E-state index in [9.17, 15) is 0 Å². The third kappa shape index (κ3) is 7.22. The Balaban J connectivity index is 2.68. The van der Waals surface area contributed by atoms with Crippen LogP contribution in [-0.2, 0) is 0 Å². The van der Waals surface area contributed by atoms with Crippen LogP contribution in [0.15, 0.2) is 0 Å². The van der Waals surface area contributed by atoms with Crippen LogP contribution in [0.5, 0.6) is 0 Å². The van der Waals surface area contributed by atoms with Gasteiger partial charge in [0.05, 0.1) is 0 Å². The molecule has 3 heteroatoms. The molecule has 0 saturated carbocycles. The van der Waals surface area contributed by atoms with Crippen LogP contribution in [0.2, 0.25) is 4.98 Å². The first-order valence-electron chi connectivity index (χ1n) is 2.55. The molecule has 0 rings (SSSR count). The number of unbranched alkanes of at least 4 members (excludes halogenated alkanes) is 1. The third-order valence-electron chi connectivity index (χ3n) is 0.776. The van der Waals surface area contributed by atoms with Gasteiger partial charge in [-0.05, 0) is 0 Å². The van der Waals surface area contributed by atoms with Crippen LogP contribution in [0.4, 0.5) is 0 Å². The summed E-state index contributed by atoms with van der Waals surface area (Å²) in [5.74, 6) is 0. The van der Waals surface area contributed by atoms with Crippen LogP contribution in [0.25, 0.3) is 0 Å². The van der Waals surface area contributed by atoms with Crippen LogP contribution in [0.3, 0.4) is 0 Å². The normalized spacial score (nSPS) is 9.00. The van der Waals surface area contributed by atoms with Gasteiger partial charge in [0.1, 0.15) is 0 Å². The molecular formula is C4H9Cl2Ga. The minimum absolute atomic E-state index is 1.12. The number of hydrogen-bond donors (Lipinski definition) is 0. The van der Waals surface area contributed by atoms with Gasteiger partial charge in [0, 0.05) is 0 Å². The Kier molecular flexibility index (Phi) is 6.29. The predicted octanol–water partition coefficient (Wildman–Crippen LogP) is 2.75. The molecule has 0 N–H and O–H groups in total. The summed E-state index contributed by atoms with van der Waals surface area (Å²) in [6, 6.07) is 0. The third-order valence-corrected chi connectivity index (χ3v) is 4.82. The van der Waals surface area contributed by atoms with E-state index in [0.29, 0.717) is 0 Å². The molecule has 0 radical (unpaired) electrons. The van der Waals surface area contributed by atoms with Gasteiger partial charge in [-0.2, -0.15) is 0 Å². The standard InChI is InChI=1S/C4H9.2ClH.Ga/c1-3-4-2;;;/h1,3-4H2,2H3;2*1H;/q;;;+2/p-2. The number of halogens is 2. The molecule has 0 fully saturated rings. The molecule has 0 amide bonds. The molecule has 0 heterocycles. The maximum absolute atomic E-state index is 5.61. The SMILES string of the molecule is CCC[CH2][Ga]([Cl])[Cl]. The van der Waals surface area contributed by atoms with Gasteiger partial charge in [0.2, 0.25) is 0 Å². The maximum atomic E-state index is 5.61. The zero-order chi connectivity index (χ0) is 5.70. The van der Waals surface area contributed by atoms with E-state index < -0.39 is 14.2 Å². The summed E-state index contributed by atoms with van der Waals surface area (Å²) in [5, 5.41) is 0. The topological polar surface area (TPSA) is 0 Å². The summed E-state index contributed by atoms with van der Waals surface area (Å²) in [5.41, 5.74) is 0. The van der Waals surface area contributed by atoms with Crippen molar-refractivity contribution in [2.45, 2.75) is 24.7 Å². The first-order chi connectivity index (χ1) is 3.27. The van der Waals surface area contributed by atoms with Crippen LogP contribution in [-0.4, -0.2) is 14.2 Å². The summed E-state index contributed by atoms with van der Waals surface area (Å²) in [4.78, 5) is 1.12. The molecule has 7 heavy (non-hydrogen) atoms. The van der Waals surface area contributed by atoms with Crippen molar-refractivity contribution in [2.75, 3.05) is 0 Å². The van der Waals surface area contributed by atoms with Gasteiger partial charge >= 0.3 is 58.2 Å². The summed E-state index contributed by atoms with van der Waals surface area (Å²) in [7, 11) is 11.2. The van der Waals surface area contributed by atoms with Crippen LogP contribution < -0.4 is 0 Å². The molecule has 0 aliphatic rings. The van der Waals surface area contributed by atoms with Crippen molar-refractivity contribution in [3.8, 4) is 0 Å². The molecule has 42 valence electrons. The second-order valence-electron chi connectivity index (χ2n) is 1.53. The van der Waals surface area contributed by atoms with Gasteiger partial charge < -0.3 is 0 Å². The van der Waals surface area contributed by atoms with E-state index in [-0.39, 0.29) is 0 Å². The first kappa shape index (κ1) is 8.22. The Morgan fingerprint density at radius 1 is 1.43 bits per heavy atom. The fraction of sp³-hybridized carbons (Fsp3) is 1.00. The molecule has 0 aromatic rings. The summed E-state index contributed by atoms with van der Waals surface area (Å²) < 4.78 is 0. The second-order valence-corrected chi connectivity index (χ2v) is 11.0. The Bertz CT molecular complexity index is 38.7. The molecule has 0 aromatic carbocycles. The van der Waals surface area contributed by atoms with Crippen molar-refractivity contribution in [1.82, 2.24) is 0 Å². The molecule has 0 bridgehead atoms. The van der Waals surface area contributed by atoms with Gasteiger partial charge in [0.15, 0.2) is 0 Å². The van der Waals surface area contributed by atoms with Crippen molar-refractivity contribution in [3.63, 3.8) is 0 Å². The molecule has 0 unspecified atom stereocenters. The molecule has 0 atom stereocenters. The molecule has 0 nitrogen and oxygen atoms in total. The molecule has 0 saturated heterocycles. The van der Waals surface area contributed by atoms with E-state index in [0.717, 1.165) is 4.98 Å². The van der Waals surface area contributed by atoms with E-state index in [1.54, 1.807) is 0 Å². The molecule has 0 aromatic heterocycles. The fourth-order valence-corrected chi connectivity index (χ4v) is 3.47. The first-order valence-corrected chi connectivity index (χ1v) is 10.6. The van der Waals surface area contributed by atoms with E-state index in [1.807, 2.05) is 0 Å². The van der Waals surface area contributed by atoms with Crippen LogP contribution >= 0.6 is 19.3 Å². The number of rotatable bonds is 3. The predicted molar refractivity (Wildman–Crippen MR) is 37.2 cm³/mol. The van der Waals surface area contributed by atoms with E-state index in [1.165, 1.54) is 12.8 Å². The zero-order valence-electron chi connectivity index (χ0n) is 4.45. The van der Waals surface area contributed by atoms with E-state index in [2.05, 4.69) is 6.92 Å². The number of hydrogen-bond acceptors (Lipinski definition) is 0. The summed E-state index contributed by atoms with van der Waals surface area (Å²) >= 11 is -1.63. The molecule has 0 aliphatic carbocycles. The van der Waals surface area contributed by atoms with E-state index >= 15 is 0 Å². The Morgan fingerprint density at radius 2 is 2.00 bits per heavy atom. The van der Waals surface area contributed by atoms with Gasteiger partial charge in [-0.25, -0.2) is 0 Å². The van der Waals surface area contributed by atoms with Gasteiger partial charge in [-0.15, -0.1) is 0 Å². The molecule has 0 aliphatic heterocycles.